The van der Waals surface area contributed by atoms with Crippen LogP contribution in [0.5, 0.6) is 0 Å². The molecule has 1 amide bonds. The first kappa shape index (κ1) is 16.0. The van der Waals surface area contributed by atoms with Gasteiger partial charge < -0.3 is 10.6 Å². The van der Waals surface area contributed by atoms with Crippen LogP contribution in [0.2, 0.25) is 5.02 Å². The summed E-state index contributed by atoms with van der Waals surface area (Å²) < 4.78 is 0. The van der Waals surface area contributed by atoms with E-state index >= 15 is 0 Å². The van der Waals surface area contributed by atoms with Crippen LogP contribution >= 0.6 is 11.6 Å². The average molecular weight is 314 g/mol. The molecule has 5 heteroatoms. The van der Waals surface area contributed by atoms with Crippen molar-refractivity contribution in [2.75, 3.05) is 11.9 Å². The first-order valence-electron chi connectivity index (χ1n) is 6.88. The third kappa shape index (κ3) is 4.32. The number of anilines is 1. The molecule has 0 spiro atoms. The topological polar surface area (TPSA) is 64.9 Å². The molecule has 0 radical (unpaired) electrons. The fourth-order valence-electron chi connectivity index (χ4n) is 2.00. The van der Waals surface area contributed by atoms with Crippen LogP contribution in [-0.2, 0) is 4.79 Å². The number of carbonyl (C=O) groups excluding carboxylic acids is 1. The van der Waals surface area contributed by atoms with E-state index in [0.717, 1.165) is 5.56 Å². The predicted octanol–water partition coefficient (Wildman–Crippen LogP) is 3.50. The fourth-order valence-corrected chi connectivity index (χ4v) is 2.13. The molecule has 0 aliphatic carbocycles. The summed E-state index contributed by atoms with van der Waals surface area (Å²) in [5.41, 5.74) is 2.02. The molecule has 2 N–H and O–H groups in total. The minimum absolute atomic E-state index is 0.0224. The Labute approximate surface area is 134 Å². The maximum atomic E-state index is 12.0. The number of nitrogens with zero attached hydrogens (tertiary/aromatic N) is 1. The Kier molecular flexibility index (Phi) is 5.54. The zero-order valence-electron chi connectivity index (χ0n) is 12.1. The molecule has 2 aromatic carbocycles. The first-order chi connectivity index (χ1) is 10.6. The van der Waals surface area contributed by atoms with Crippen LogP contribution in [0.4, 0.5) is 5.69 Å². The van der Waals surface area contributed by atoms with Gasteiger partial charge in [-0.2, -0.15) is 5.26 Å². The minimum atomic E-state index is -0.191. The van der Waals surface area contributed by atoms with Crippen molar-refractivity contribution in [3.05, 3.63) is 64.7 Å². The summed E-state index contributed by atoms with van der Waals surface area (Å²) in [4.78, 5) is 12.0. The molecular weight excluding hydrogens is 298 g/mol. The molecule has 0 bridgehead atoms. The summed E-state index contributed by atoms with van der Waals surface area (Å²) in [5.74, 6) is -0.191. The van der Waals surface area contributed by atoms with Gasteiger partial charge in [-0.25, -0.2) is 0 Å². The van der Waals surface area contributed by atoms with Crippen molar-refractivity contribution in [1.29, 1.82) is 5.26 Å². The molecule has 0 heterocycles. The number of para-hydroxylation sites is 1. The van der Waals surface area contributed by atoms with Crippen molar-refractivity contribution in [1.82, 2.24) is 5.32 Å². The van der Waals surface area contributed by atoms with Crippen LogP contribution in [0.3, 0.4) is 0 Å². The van der Waals surface area contributed by atoms with E-state index in [1.807, 2.05) is 37.3 Å². The number of rotatable bonds is 5. The fraction of sp³-hybridized carbons (Fsp3) is 0.176. The standard InChI is InChI=1S/C17H16ClN3O/c1-12(13-6-8-15(18)9-7-13)20-11-17(22)21-16-5-3-2-4-14(16)10-19/h2-9,12,20H,11H2,1H3,(H,21,22)/t12-/m0/s1. The Hall–Kier alpha value is -2.35. The van der Waals surface area contributed by atoms with Gasteiger partial charge in [0.15, 0.2) is 0 Å². The van der Waals surface area contributed by atoms with Gasteiger partial charge in [0.05, 0.1) is 17.8 Å². The second-order valence-corrected chi connectivity index (χ2v) is 5.30. The number of hydrogen-bond donors (Lipinski definition) is 2. The van der Waals surface area contributed by atoms with Gasteiger partial charge in [0, 0.05) is 11.1 Å². The summed E-state index contributed by atoms with van der Waals surface area (Å²) in [6.07, 6.45) is 0. The lowest BCUT2D eigenvalue weighted by Gasteiger charge is -2.14. The molecule has 0 saturated carbocycles. The Morgan fingerprint density at radius 2 is 1.91 bits per heavy atom. The third-order valence-corrected chi connectivity index (χ3v) is 3.51. The molecular formula is C17H16ClN3O. The minimum Gasteiger partial charge on any atom is -0.324 e. The second-order valence-electron chi connectivity index (χ2n) is 4.86. The first-order valence-corrected chi connectivity index (χ1v) is 7.26. The van der Waals surface area contributed by atoms with Crippen molar-refractivity contribution in [2.24, 2.45) is 0 Å². The number of benzene rings is 2. The van der Waals surface area contributed by atoms with Crippen LogP contribution in [0.1, 0.15) is 24.1 Å². The van der Waals surface area contributed by atoms with E-state index in [-0.39, 0.29) is 18.5 Å². The van der Waals surface area contributed by atoms with E-state index in [1.54, 1.807) is 24.3 Å². The van der Waals surface area contributed by atoms with Crippen LogP contribution in [-0.4, -0.2) is 12.5 Å². The highest BCUT2D eigenvalue weighted by Gasteiger charge is 2.09. The van der Waals surface area contributed by atoms with E-state index in [4.69, 9.17) is 16.9 Å². The highest BCUT2D eigenvalue weighted by Crippen LogP contribution is 2.16. The largest absolute Gasteiger partial charge is 0.324 e. The van der Waals surface area contributed by atoms with E-state index in [9.17, 15) is 4.79 Å². The SMILES string of the molecule is C[C@H](NCC(=O)Nc1ccccc1C#N)c1ccc(Cl)cc1. The number of amides is 1. The summed E-state index contributed by atoms with van der Waals surface area (Å²) >= 11 is 5.85. The molecule has 0 aromatic heterocycles. The van der Waals surface area contributed by atoms with Gasteiger partial charge in [-0.1, -0.05) is 35.9 Å². The van der Waals surface area contributed by atoms with Crippen LogP contribution in [0.25, 0.3) is 0 Å². The van der Waals surface area contributed by atoms with Crippen LogP contribution in [0.15, 0.2) is 48.5 Å². The quantitative estimate of drug-likeness (QED) is 0.888. The summed E-state index contributed by atoms with van der Waals surface area (Å²) in [6, 6.07) is 16.5. The van der Waals surface area contributed by atoms with Crippen molar-refractivity contribution in [2.45, 2.75) is 13.0 Å². The predicted molar refractivity (Wildman–Crippen MR) is 87.7 cm³/mol. The molecule has 2 rings (SSSR count). The monoisotopic (exact) mass is 313 g/mol. The molecule has 0 aliphatic rings. The number of halogens is 1. The molecule has 22 heavy (non-hydrogen) atoms. The van der Waals surface area contributed by atoms with Crippen LogP contribution in [0, 0.1) is 11.3 Å². The number of nitriles is 1. The molecule has 2 aromatic rings. The molecule has 1 atom stereocenters. The number of carbonyl (C=O) groups is 1. The van der Waals surface area contributed by atoms with Crippen molar-refractivity contribution in [3.63, 3.8) is 0 Å². The number of nitrogens with one attached hydrogen (secondary N) is 2. The zero-order valence-corrected chi connectivity index (χ0v) is 12.9. The zero-order chi connectivity index (χ0) is 15.9. The van der Waals surface area contributed by atoms with Gasteiger partial charge in [0.1, 0.15) is 6.07 Å². The molecule has 0 saturated heterocycles. The summed E-state index contributed by atoms with van der Waals surface area (Å²) in [7, 11) is 0. The van der Waals surface area contributed by atoms with Crippen molar-refractivity contribution < 1.29 is 4.79 Å². The van der Waals surface area contributed by atoms with E-state index in [2.05, 4.69) is 10.6 Å². The highest BCUT2D eigenvalue weighted by molar-refractivity contribution is 6.30. The van der Waals surface area contributed by atoms with Gasteiger partial charge in [0.25, 0.3) is 0 Å². The lowest BCUT2D eigenvalue weighted by molar-refractivity contribution is -0.115. The number of hydrogen-bond acceptors (Lipinski definition) is 3. The lowest BCUT2D eigenvalue weighted by Crippen LogP contribution is -2.30. The molecule has 0 unspecified atom stereocenters. The Bertz CT molecular complexity index is 692. The van der Waals surface area contributed by atoms with Gasteiger partial charge >= 0.3 is 0 Å². The Balaban J connectivity index is 1.90. The van der Waals surface area contributed by atoms with E-state index in [0.29, 0.717) is 16.3 Å². The maximum Gasteiger partial charge on any atom is 0.238 e. The van der Waals surface area contributed by atoms with Crippen LogP contribution < -0.4 is 10.6 Å². The Morgan fingerprint density at radius 3 is 2.59 bits per heavy atom. The van der Waals surface area contributed by atoms with Gasteiger partial charge in [-0.3, -0.25) is 4.79 Å². The van der Waals surface area contributed by atoms with Gasteiger partial charge in [-0.05, 0) is 36.8 Å². The normalized spacial score (nSPS) is 11.5. The Morgan fingerprint density at radius 1 is 1.23 bits per heavy atom. The maximum absolute atomic E-state index is 12.0. The van der Waals surface area contributed by atoms with Gasteiger partial charge in [-0.15, -0.1) is 0 Å². The molecule has 0 aliphatic heterocycles. The molecule has 0 fully saturated rings. The van der Waals surface area contributed by atoms with Crippen molar-refractivity contribution >= 4 is 23.2 Å². The second kappa shape index (κ2) is 7.60. The van der Waals surface area contributed by atoms with E-state index < -0.39 is 0 Å². The molecule has 112 valence electrons. The lowest BCUT2D eigenvalue weighted by atomic mass is 10.1. The molecule has 4 nitrogen and oxygen atoms in total. The average Bonchev–Trinajstić information content (AvgIpc) is 2.54. The van der Waals surface area contributed by atoms with Crippen molar-refractivity contribution in [3.8, 4) is 6.07 Å². The smallest absolute Gasteiger partial charge is 0.238 e. The summed E-state index contributed by atoms with van der Waals surface area (Å²) in [6.45, 7) is 2.13. The van der Waals surface area contributed by atoms with E-state index in [1.165, 1.54) is 0 Å². The third-order valence-electron chi connectivity index (χ3n) is 3.26. The van der Waals surface area contributed by atoms with Gasteiger partial charge in [0.2, 0.25) is 5.91 Å². The summed E-state index contributed by atoms with van der Waals surface area (Å²) in [5, 5.41) is 15.5. The highest BCUT2D eigenvalue weighted by atomic mass is 35.5.